The summed E-state index contributed by atoms with van der Waals surface area (Å²) in [5.74, 6) is 0. The van der Waals surface area contributed by atoms with E-state index >= 15 is 0 Å². The van der Waals surface area contributed by atoms with Crippen LogP contribution in [0.3, 0.4) is 0 Å². The molecule has 0 spiro atoms. The fraction of sp³-hybridized carbons (Fsp3) is 0.444. The Kier molecular flexibility index (Phi) is 5.74. The third-order valence-corrected chi connectivity index (χ3v) is 1.01. The predicted molar refractivity (Wildman–Crippen MR) is 47.4 cm³/mol. The van der Waals surface area contributed by atoms with Crippen LogP contribution in [0.1, 0.15) is 27.2 Å². The minimum atomic E-state index is 1.01. The van der Waals surface area contributed by atoms with Gasteiger partial charge in [-0.3, -0.25) is 4.99 Å². The fourth-order valence-electron chi connectivity index (χ4n) is 0.591. The van der Waals surface area contributed by atoms with E-state index in [2.05, 4.69) is 11.1 Å². The first-order chi connectivity index (χ1) is 4.89. The molecule has 0 saturated carbocycles. The first kappa shape index (κ1) is 9.15. The Hall–Kier alpha value is -0.850. The molecule has 0 unspecified atom stereocenters. The predicted octanol–water partition coefficient (Wildman–Crippen LogP) is 2.95. The number of allylic oxidation sites excluding steroid dienone is 3. The van der Waals surface area contributed by atoms with E-state index in [1.807, 2.05) is 39.1 Å². The van der Waals surface area contributed by atoms with Crippen LogP contribution in [-0.2, 0) is 0 Å². The second-order valence-corrected chi connectivity index (χ2v) is 1.79. The Morgan fingerprint density at radius 1 is 1.30 bits per heavy atom. The number of hydrogen-bond acceptors (Lipinski definition) is 1. The highest BCUT2D eigenvalue weighted by Gasteiger charge is 1.81. The van der Waals surface area contributed by atoms with Gasteiger partial charge in [-0.2, -0.15) is 0 Å². The molecule has 0 aliphatic carbocycles. The topological polar surface area (TPSA) is 12.4 Å². The number of aliphatic imine (C=N–C) groups is 1. The monoisotopic (exact) mass is 137 g/mol. The third kappa shape index (κ3) is 4.07. The van der Waals surface area contributed by atoms with Gasteiger partial charge in [0.15, 0.2) is 0 Å². The first-order valence-electron chi connectivity index (χ1n) is 3.75. The number of rotatable bonds is 0. The van der Waals surface area contributed by atoms with Crippen LogP contribution in [0, 0.1) is 0 Å². The smallest absolute Gasteiger partial charge is 0.0369 e. The van der Waals surface area contributed by atoms with Gasteiger partial charge in [-0.15, -0.1) is 0 Å². The van der Waals surface area contributed by atoms with Crippen molar-refractivity contribution in [3.8, 4) is 0 Å². The molecule has 0 aromatic rings. The van der Waals surface area contributed by atoms with Crippen LogP contribution in [0.2, 0.25) is 0 Å². The van der Waals surface area contributed by atoms with E-state index in [-0.39, 0.29) is 0 Å². The van der Waals surface area contributed by atoms with Gasteiger partial charge in [-0.25, -0.2) is 0 Å². The highest BCUT2D eigenvalue weighted by atomic mass is 14.7. The molecule has 0 aromatic carbocycles. The van der Waals surface area contributed by atoms with Gasteiger partial charge < -0.3 is 0 Å². The molecule has 0 radical (unpaired) electrons. The summed E-state index contributed by atoms with van der Waals surface area (Å²) in [6.45, 7) is 5.99. The number of nitrogens with zero attached hydrogens (tertiary/aromatic N) is 1. The largest absolute Gasteiger partial charge is 0.262 e. The average molecular weight is 137 g/mol. The lowest BCUT2D eigenvalue weighted by atomic mass is 10.3. The molecule has 1 aliphatic heterocycles. The molecule has 1 rings (SSSR count). The lowest BCUT2D eigenvalue weighted by Gasteiger charge is -1.79. The maximum Gasteiger partial charge on any atom is 0.0369 e. The van der Waals surface area contributed by atoms with Gasteiger partial charge in [0.1, 0.15) is 0 Å². The van der Waals surface area contributed by atoms with Gasteiger partial charge in [-0.1, -0.05) is 26.0 Å². The van der Waals surface area contributed by atoms with Gasteiger partial charge >= 0.3 is 0 Å². The standard InChI is InChI=1S/C7H9N.C2H6/c1-7-5-3-2-4-6-8-7;1-2/h3-6H,2H2,1H3;1-2H3. The Morgan fingerprint density at radius 2 is 2.00 bits per heavy atom. The normalized spacial score (nSPS) is 14.9. The zero-order valence-corrected chi connectivity index (χ0v) is 6.96. The van der Waals surface area contributed by atoms with Crippen molar-refractivity contribution in [2.45, 2.75) is 27.2 Å². The lowest BCUT2D eigenvalue weighted by Crippen LogP contribution is -1.78. The second-order valence-electron chi connectivity index (χ2n) is 1.79. The third-order valence-electron chi connectivity index (χ3n) is 1.01. The van der Waals surface area contributed by atoms with E-state index in [0.29, 0.717) is 0 Å². The molecule has 0 atom stereocenters. The van der Waals surface area contributed by atoms with Crippen LogP contribution < -0.4 is 0 Å². The van der Waals surface area contributed by atoms with Crippen LogP contribution >= 0.6 is 0 Å². The summed E-state index contributed by atoms with van der Waals surface area (Å²) in [6.07, 6.45) is 9.02. The summed E-state index contributed by atoms with van der Waals surface area (Å²) in [7, 11) is 0. The van der Waals surface area contributed by atoms with Gasteiger partial charge in [0.05, 0.1) is 0 Å². The molecule has 10 heavy (non-hydrogen) atoms. The van der Waals surface area contributed by atoms with E-state index in [4.69, 9.17) is 0 Å². The van der Waals surface area contributed by atoms with Crippen molar-refractivity contribution in [2.75, 3.05) is 0 Å². The molecule has 1 nitrogen and oxygen atoms in total. The summed E-state index contributed by atoms with van der Waals surface area (Å²) in [4.78, 5) is 4.07. The lowest BCUT2D eigenvalue weighted by molar-refractivity contribution is 1.38. The van der Waals surface area contributed by atoms with Crippen molar-refractivity contribution in [1.82, 2.24) is 0 Å². The molecular formula is C9H15N. The summed E-state index contributed by atoms with van der Waals surface area (Å²) in [5, 5.41) is 0. The van der Waals surface area contributed by atoms with Crippen LogP contribution in [0.5, 0.6) is 0 Å². The Labute approximate surface area is 63.2 Å². The Balaban J connectivity index is 0.000000371. The van der Waals surface area contributed by atoms with Crippen molar-refractivity contribution in [2.24, 2.45) is 4.99 Å². The van der Waals surface area contributed by atoms with Crippen molar-refractivity contribution in [1.29, 1.82) is 0 Å². The van der Waals surface area contributed by atoms with Crippen LogP contribution in [0.4, 0.5) is 0 Å². The minimum absolute atomic E-state index is 1.01. The summed E-state index contributed by atoms with van der Waals surface area (Å²) in [5.41, 5.74) is 1.08. The van der Waals surface area contributed by atoms with E-state index < -0.39 is 0 Å². The van der Waals surface area contributed by atoms with E-state index in [1.165, 1.54) is 0 Å². The molecule has 0 aromatic heterocycles. The minimum Gasteiger partial charge on any atom is -0.262 e. The Morgan fingerprint density at radius 3 is 2.70 bits per heavy atom. The number of hydrogen-bond donors (Lipinski definition) is 0. The summed E-state index contributed by atoms with van der Waals surface area (Å²) in [6, 6.07) is 0. The Bertz CT molecular complexity index is 152. The van der Waals surface area contributed by atoms with Crippen LogP contribution in [0.15, 0.2) is 29.4 Å². The average Bonchev–Trinajstić information content (AvgIpc) is 2.21. The highest BCUT2D eigenvalue weighted by molar-refractivity contribution is 5.93. The molecule has 0 bridgehead atoms. The van der Waals surface area contributed by atoms with Gasteiger partial charge in [-0.05, 0) is 19.4 Å². The van der Waals surface area contributed by atoms with Crippen LogP contribution in [0.25, 0.3) is 0 Å². The molecule has 0 N–H and O–H groups in total. The summed E-state index contributed by atoms with van der Waals surface area (Å²) >= 11 is 0. The molecule has 56 valence electrons. The zero-order valence-electron chi connectivity index (χ0n) is 6.96. The second kappa shape index (κ2) is 6.27. The van der Waals surface area contributed by atoms with Gasteiger partial charge in [0.25, 0.3) is 0 Å². The maximum absolute atomic E-state index is 4.07. The highest BCUT2D eigenvalue weighted by Crippen LogP contribution is 1.93. The van der Waals surface area contributed by atoms with E-state index in [0.717, 1.165) is 12.1 Å². The molecule has 1 heterocycles. The van der Waals surface area contributed by atoms with Crippen LogP contribution in [-0.4, -0.2) is 5.71 Å². The zero-order chi connectivity index (χ0) is 7.82. The summed E-state index contributed by atoms with van der Waals surface area (Å²) < 4.78 is 0. The molecule has 1 aliphatic rings. The fourth-order valence-corrected chi connectivity index (χ4v) is 0.591. The van der Waals surface area contributed by atoms with Crippen molar-refractivity contribution < 1.29 is 0 Å². The molecule has 0 fully saturated rings. The van der Waals surface area contributed by atoms with Gasteiger partial charge in [0, 0.05) is 11.9 Å². The quantitative estimate of drug-likeness (QED) is 0.486. The van der Waals surface area contributed by atoms with E-state index in [9.17, 15) is 0 Å². The van der Waals surface area contributed by atoms with Crippen molar-refractivity contribution in [3.63, 3.8) is 0 Å². The molecule has 1 heteroatoms. The van der Waals surface area contributed by atoms with Gasteiger partial charge in [0.2, 0.25) is 0 Å². The molecule has 0 amide bonds. The van der Waals surface area contributed by atoms with E-state index in [1.54, 1.807) is 0 Å². The van der Waals surface area contributed by atoms with Crippen molar-refractivity contribution in [3.05, 3.63) is 24.4 Å². The maximum atomic E-state index is 4.07. The molecule has 0 saturated heterocycles. The first-order valence-corrected chi connectivity index (χ1v) is 3.75. The SMILES string of the molecule is CC.CC1=NC=CCC=C1. The van der Waals surface area contributed by atoms with Crippen molar-refractivity contribution >= 4 is 5.71 Å². The molecular weight excluding hydrogens is 122 g/mol.